The molecule has 3 fully saturated rings. The lowest BCUT2D eigenvalue weighted by atomic mass is 9.65. The number of alkyl halides is 3. The van der Waals surface area contributed by atoms with Gasteiger partial charge in [0.2, 0.25) is 5.91 Å². The lowest BCUT2D eigenvalue weighted by Gasteiger charge is -2.39. The van der Waals surface area contributed by atoms with Crippen LogP contribution in [0, 0.1) is 11.8 Å². The molecule has 3 aliphatic rings. The molecule has 1 atom stereocenters. The maximum Gasteiger partial charge on any atom is 0.416 e. The summed E-state index contributed by atoms with van der Waals surface area (Å²) in [5.41, 5.74) is 4.07. The summed E-state index contributed by atoms with van der Waals surface area (Å²) in [6, 6.07) is 21.4. The van der Waals surface area contributed by atoms with E-state index in [0.29, 0.717) is 18.1 Å². The number of aromatic amines is 1. The Kier molecular flexibility index (Phi) is 5.83. The molecule has 1 amide bonds. The van der Waals surface area contributed by atoms with Gasteiger partial charge < -0.3 is 15.0 Å². The number of H-pyrrole nitrogens is 1. The summed E-state index contributed by atoms with van der Waals surface area (Å²) in [7, 11) is 0. The molecule has 3 aromatic carbocycles. The molecule has 37 heavy (non-hydrogen) atoms. The van der Waals surface area contributed by atoms with Crippen LogP contribution in [0.15, 0.2) is 79.0 Å². The van der Waals surface area contributed by atoms with Crippen LogP contribution in [0.1, 0.15) is 41.5 Å². The topological polar surface area (TPSA) is 54.1 Å². The molecule has 4 aromatic rings. The summed E-state index contributed by atoms with van der Waals surface area (Å²) in [4.78, 5) is 16.5. The average Bonchev–Trinajstić information content (AvgIpc) is 3.57. The minimum absolute atomic E-state index is 0.0143. The quantitative estimate of drug-likeness (QED) is 0.279. The van der Waals surface area contributed by atoms with E-state index in [9.17, 15) is 18.0 Å². The highest BCUT2D eigenvalue weighted by Crippen LogP contribution is 2.62. The second-order valence-corrected chi connectivity index (χ2v) is 10.4. The van der Waals surface area contributed by atoms with Gasteiger partial charge in [-0.15, -0.1) is 0 Å². The molecule has 3 saturated carbocycles. The van der Waals surface area contributed by atoms with Crippen LogP contribution < -0.4 is 5.32 Å². The van der Waals surface area contributed by atoms with Crippen LogP contribution in [0.4, 0.5) is 18.9 Å². The fourth-order valence-electron chi connectivity index (χ4n) is 6.10. The highest BCUT2D eigenvalue weighted by molar-refractivity contribution is 6.03. The second-order valence-electron chi connectivity index (χ2n) is 10.4. The molecule has 7 rings (SSSR count). The van der Waals surface area contributed by atoms with E-state index in [0.717, 1.165) is 53.5 Å². The molecular formula is C30H27F3N2O2. The Labute approximate surface area is 212 Å². The minimum atomic E-state index is -4.35. The standard InChI is InChI=1S/C30H27F3N2O2/c31-30(32,33)23-9-6-19(7-10-23)17-37-18-20-8-11-26-24(12-20)27(16-34-26)35-28(36)25-15-29(13-21(25)14-29)22-4-2-1-3-5-22/h1-12,16,21,25,34H,13-15,17-18H2,(H,35,36)/t21?,25-,29?/m1/s1. The molecule has 0 unspecified atom stereocenters. The van der Waals surface area contributed by atoms with Crippen molar-refractivity contribution in [1.29, 1.82) is 0 Å². The van der Waals surface area contributed by atoms with Crippen LogP contribution in [0.5, 0.6) is 0 Å². The first-order valence-corrected chi connectivity index (χ1v) is 12.5. The van der Waals surface area contributed by atoms with Gasteiger partial charge in [0.1, 0.15) is 0 Å². The van der Waals surface area contributed by atoms with Crippen LogP contribution in [0.25, 0.3) is 10.9 Å². The first-order chi connectivity index (χ1) is 17.8. The number of hydrogen-bond acceptors (Lipinski definition) is 2. The molecule has 0 spiro atoms. The molecule has 0 aliphatic heterocycles. The SMILES string of the molecule is O=C(Nc1c[nH]c2ccc(COCc3ccc(C(F)(F)F)cc3)cc12)[C@@H]1CC2(c3ccccc3)CC1C2. The van der Waals surface area contributed by atoms with Crippen molar-refractivity contribution in [2.24, 2.45) is 11.8 Å². The monoisotopic (exact) mass is 504 g/mol. The number of anilines is 1. The molecule has 2 bridgehead atoms. The lowest BCUT2D eigenvalue weighted by molar-refractivity contribution is -0.137. The van der Waals surface area contributed by atoms with E-state index in [2.05, 4.69) is 34.6 Å². The molecule has 1 aromatic heterocycles. The first kappa shape index (κ1) is 23.8. The molecule has 4 nitrogen and oxygen atoms in total. The average molecular weight is 505 g/mol. The number of carbonyl (C=O) groups excluding carboxylic acids is 1. The number of halogens is 3. The number of aromatic nitrogens is 1. The smallest absolute Gasteiger partial charge is 0.372 e. The number of hydrogen-bond donors (Lipinski definition) is 2. The Bertz CT molecular complexity index is 1420. The number of benzene rings is 3. The van der Waals surface area contributed by atoms with Crippen molar-refractivity contribution in [2.75, 3.05) is 5.32 Å². The Morgan fingerprint density at radius 2 is 1.65 bits per heavy atom. The molecule has 7 heteroatoms. The zero-order valence-corrected chi connectivity index (χ0v) is 20.1. The fraction of sp³-hybridized carbons (Fsp3) is 0.300. The number of ether oxygens (including phenoxy) is 1. The number of rotatable bonds is 7. The second kappa shape index (κ2) is 9.06. The van der Waals surface area contributed by atoms with Gasteiger partial charge in [0.05, 0.1) is 24.5 Å². The van der Waals surface area contributed by atoms with E-state index in [4.69, 9.17) is 4.74 Å². The summed E-state index contributed by atoms with van der Waals surface area (Å²) in [6.07, 6.45) is 0.507. The van der Waals surface area contributed by atoms with Crippen molar-refractivity contribution in [3.05, 3.63) is 101 Å². The third kappa shape index (κ3) is 4.53. The summed E-state index contributed by atoms with van der Waals surface area (Å²) in [5.74, 6) is 0.519. The van der Waals surface area contributed by atoms with Gasteiger partial charge in [0.15, 0.2) is 0 Å². The van der Waals surface area contributed by atoms with Gasteiger partial charge in [-0.2, -0.15) is 13.2 Å². The zero-order valence-electron chi connectivity index (χ0n) is 20.1. The van der Waals surface area contributed by atoms with Crippen molar-refractivity contribution in [2.45, 2.75) is 44.1 Å². The van der Waals surface area contributed by atoms with Gasteiger partial charge in [-0.25, -0.2) is 0 Å². The summed E-state index contributed by atoms with van der Waals surface area (Å²) >= 11 is 0. The summed E-state index contributed by atoms with van der Waals surface area (Å²) in [5, 5.41) is 4.07. The predicted molar refractivity (Wildman–Crippen MR) is 136 cm³/mol. The largest absolute Gasteiger partial charge is 0.416 e. The normalized spacial score (nSPS) is 22.7. The maximum atomic E-state index is 13.2. The highest BCUT2D eigenvalue weighted by atomic mass is 19.4. The number of amides is 1. The van der Waals surface area contributed by atoms with Gasteiger partial charge in [-0.3, -0.25) is 4.79 Å². The Morgan fingerprint density at radius 3 is 2.38 bits per heavy atom. The molecule has 3 aliphatic carbocycles. The van der Waals surface area contributed by atoms with Gasteiger partial charge in [-0.05, 0) is 71.6 Å². The highest BCUT2D eigenvalue weighted by Gasteiger charge is 2.58. The van der Waals surface area contributed by atoms with E-state index in [1.54, 1.807) is 0 Å². The number of nitrogens with one attached hydrogen (secondary N) is 2. The van der Waals surface area contributed by atoms with Crippen LogP contribution in [0.2, 0.25) is 0 Å². The Hall–Kier alpha value is -3.58. The van der Waals surface area contributed by atoms with Gasteiger partial charge in [-0.1, -0.05) is 48.5 Å². The minimum Gasteiger partial charge on any atom is -0.372 e. The summed E-state index contributed by atoms with van der Waals surface area (Å²) in [6.45, 7) is 0.513. The van der Waals surface area contributed by atoms with E-state index in [1.807, 2.05) is 30.5 Å². The Morgan fingerprint density at radius 1 is 0.946 bits per heavy atom. The molecule has 190 valence electrons. The third-order valence-corrected chi connectivity index (χ3v) is 8.03. The third-order valence-electron chi connectivity index (χ3n) is 8.03. The van der Waals surface area contributed by atoms with E-state index in [1.165, 1.54) is 17.7 Å². The number of fused-ring (bicyclic) bond motifs is 2. The van der Waals surface area contributed by atoms with Gasteiger partial charge >= 0.3 is 6.18 Å². The fourth-order valence-corrected chi connectivity index (χ4v) is 6.10. The lowest BCUT2D eigenvalue weighted by Crippen LogP contribution is -2.33. The molecular weight excluding hydrogens is 477 g/mol. The van der Waals surface area contributed by atoms with Crippen molar-refractivity contribution >= 4 is 22.5 Å². The van der Waals surface area contributed by atoms with E-state index >= 15 is 0 Å². The van der Waals surface area contributed by atoms with Crippen molar-refractivity contribution in [3.63, 3.8) is 0 Å². The van der Waals surface area contributed by atoms with Crippen LogP contribution in [-0.4, -0.2) is 10.9 Å². The number of carbonyl (C=O) groups is 1. The molecule has 1 heterocycles. The Balaban J connectivity index is 1.09. The van der Waals surface area contributed by atoms with Crippen LogP contribution in [-0.2, 0) is 34.3 Å². The van der Waals surface area contributed by atoms with Crippen molar-refractivity contribution in [3.8, 4) is 0 Å². The molecule has 0 saturated heterocycles. The predicted octanol–water partition coefficient (Wildman–Crippen LogP) is 7.21. The van der Waals surface area contributed by atoms with Crippen molar-refractivity contribution in [1.82, 2.24) is 4.98 Å². The first-order valence-electron chi connectivity index (χ1n) is 12.5. The maximum absolute atomic E-state index is 13.2. The van der Waals surface area contributed by atoms with Crippen molar-refractivity contribution < 1.29 is 22.7 Å². The van der Waals surface area contributed by atoms with Crippen LogP contribution >= 0.6 is 0 Å². The molecule has 2 N–H and O–H groups in total. The van der Waals surface area contributed by atoms with E-state index in [-0.39, 0.29) is 23.8 Å². The molecule has 0 radical (unpaired) electrons. The van der Waals surface area contributed by atoms with Gasteiger partial charge in [0.25, 0.3) is 0 Å². The zero-order chi connectivity index (χ0) is 25.6. The van der Waals surface area contributed by atoms with Gasteiger partial charge in [0, 0.05) is 23.0 Å². The van der Waals surface area contributed by atoms with Crippen LogP contribution in [0.3, 0.4) is 0 Å². The summed E-state index contributed by atoms with van der Waals surface area (Å²) < 4.78 is 44.0. The van der Waals surface area contributed by atoms with E-state index < -0.39 is 11.7 Å².